The van der Waals surface area contributed by atoms with E-state index in [9.17, 15) is 9.59 Å². The van der Waals surface area contributed by atoms with E-state index in [1.165, 1.54) is 13.3 Å². The second-order valence-corrected chi connectivity index (χ2v) is 5.80. The standard InChI is InChI=1S/C19H15ClN4O3/c1-27-15-7-4-6-14(10-15)22-18(25)19(26)24-21-11-13-9-12-5-2-3-8-16(12)23-17(13)20/h2-11H,1H3,(H,22,25)(H,24,26)/b21-11+. The van der Waals surface area contributed by atoms with Gasteiger partial charge in [0.1, 0.15) is 10.9 Å². The van der Waals surface area contributed by atoms with Gasteiger partial charge in [0.25, 0.3) is 0 Å². The number of ether oxygens (including phenoxy) is 1. The molecule has 0 aliphatic rings. The van der Waals surface area contributed by atoms with E-state index in [2.05, 4.69) is 20.8 Å². The summed E-state index contributed by atoms with van der Waals surface area (Å²) in [6.07, 6.45) is 1.33. The van der Waals surface area contributed by atoms with Crippen LogP contribution in [0, 0.1) is 0 Å². The molecule has 0 bridgehead atoms. The second-order valence-electron chi connectivity index (χ2n) is 5.45. The molecule has 27 heavy (non-hydrogen) atoms. The topological polar surface area (TPSA) is 92.7 Å². The predicted octanol–water partition coefficient (Wildman–Crippen LogP) is 2.99. The molecule has 0 radical (unpaired) electrons. The molecule has 1 heterocycles. The number of aromatic nitrogens is 1. The Morgan fingerprint density at radius 2 is 1.93 bits per heavy atom. The summed E-state index contributed by atoms with van der Waals surface area (Å²) >= 11 is 6.11. The van der Waals surface area contributed by atoms with Crippen LogP contribution in [0.5, 0.6) is 5.75 Å². The number of para-hydroxylation sites is 1. The average Bonchev–Trinajstić information content (AvgIpc) is 2.68. The van der Waals surface area contributed by atoms with E-state index in [1.807, 2.05) is 24.3 Å². The van der Waals surface area contributed by atoms with Gasteiger partial charge in [0.2, 0.25) is 0 Å². The Kier molecular flexibility index (Phi) is 5.63. The largest absolute Gasteiger partial charge is 0.497 e. The minimum absolute atomic E-state index is 0.243. The Hall–Kier alpha value is -3.45. The highest BCUT2D eigenvalue weighted by molar-refractivity contribution is 6.39. The predicted molar refractivity (Wildman–Crippen MR) is 104 cm³/mol. The van der Waals surface area contributed by atoms with E-state index < -0.39 is 11.8 Å². The minimum Gasteiger partial charge on any atom is -0.497 e. The number of benzene rings is 2. The number of hydrogen-bond acceptors (Lipinski definition) is 5. The highest BCUT2D eigenvalue weighted by Crippen LogP contribution is 2.19. The van der Waals surface area contributed by atoms with Gasteiger partial charge in [-0.05, 0) is 24.3 Å². The zero-order chi connectivity index (χ0) is 19.2. The van der Waals surface area contributed by atoms with Crippen LogP contribution >= 0.6 is 11.6 Å². The highest BCUT2D eigenvalue weighted by atomic mass is 35.5. The quantitative estimate of drug-likeness (QED) is 0.314. The number of methoxy groups -OCH3 is 1. The molecule has 0 fully saturated rings. The van der Waals surface area contributed by atoms with Crippen molar-refractivity contribution in [3.8, 4) is 5.75 Å². The molecule has 0 aliphatic carbocycles. The third kappa shape index (κ3) is 4.59. The number of nitrogens with one attached hydrogen (secondary N) is 2. The van der Waals surface area contributed by atoms with Gasteiger partial charge in [0.15, 0.2) is 0 Å². The van der Waals surface area contributed by atoms with Crippen molar-refractivity contribution in [1.82, 2.24) is 10.4 Å². The lowest BCUT2D eigenvalue weighted by Gasteiger charge is -2.06. The molecule has 136 valence electrons. The monoisotopic (exact) mass is 382 g/mol. The zero-order valence-electron chi connectivity index (χ0n) is 14.3. The molecule has 7 nitrogen and oxygen atoms in total. The van der Waals surface area contributed by atoms with E-state index in [1.54, 1.807) is 30.3 Å². The molecule has 2 N–H and O–H groups in total. The summed E-state index contributed by atoms with van der Waals surface area (Å²) in [7, 11) is 1.51. The number of hydrazone groups is 1. The molecule has 0 saturated carbocycles. The van der Waals surface area contributed by atoms with Crippen molar-refractivity contribution in [2.75, 3.05) is 12.4 Å². The maximum atomic E-state index is 11.9. The molecule has 8 heteroatoms. The molecule has 0 atom stereocenters. The lowest BCUT2D eigenvalue weighted by atomic mass is 10.2. The van der Waals surface area contributed by atoms with Gasteiger partial charge in [-0.15, -0.1) is 0 Å². The number of halogens is 1. The third-order valence-electron chi connectivity index (χ3n) is 3.61. The number of amides is 2. The van der Waals surface area contributed by atoms with Crippen LogP contribution in [0.3, 0.4) is 0 Å². The summed E-state index contributed by atoms with van der Waals surface area (Å²) < 4.78 is 5.06. The molecule has 3 rings (SSSR count). The molecular formula is C19H15ClN4O3. The van der Waals surface area contributed by atoms with Crippen molar-refractivity contribution in [2.24, 2.45) is 5.10 Å². The maximum Gasteiger partial charge on any atom is 0.329 e. The maximum absolute atomic E-state index is 11.9. The lowest BCUT2D eigenvalue weighted by molar-refractivity contribution is -0.136. The minimum atomic E-state index is -0.918. The Bertz CT molecular complexity index is 1040. The number of nitrogens with zero attached hydrogens (tertiary/aromatic N) is 2. The summed E-state index contributed by atoms with van der Waals surface area (Å²) in [4.78, 5) is 28.0. The van der Waals surface area contributed by atoms with Gasteiger partial charge in [0.05, 0.1) is 18.8 Å². The molecule has 0 aliphatic heterocycles. The molecule has 0 saturated heterocycles. The number of pyridine rings is 1. The number of carbonyl (C=O) groups is 2. The van der Waals surface area contributed by atoms with Gasteiger partial charge in [-0.2, -0.15) is 5.10 Å². The fourth-order valence-electron chi connectivity index (χ4n) is 2.30. The van der Waals surface area contributed by atoms with E-state index in [0.717, 1.165) is 10.9 Å². The summed E-state index contributed by atoms with van der Waals surface area (Å²) in [5.74, 6) is -1.22. The van der Waals surface area contributed by atoms with Crippen molar-refractivity contribution in [3.63, 3.8) is 0 Å². The molecule has 1 aromatic heterocycles. The fraction of sp³-hybridized carbons (Fsp3) is 0.0526. The Morgan fingerprint density at radius 1 is 1.11 bits per heavy atom. The third-order valence-corrected chi connectivity index (χ3v) is 3.91. The summed E-state index contributed by atoms with van der Waals surface area (Å²) in [5, 5.41) is 7.35. The number of rotatable bonds is 4. The number of anilines is 1. The second kappa shape index (κ2) is 8.29. The van der Waals surface area contributed by atoms with Gasteiger partial charge >= 0.3 is 11.8 Å². The van der Waals surface area contributed by atoms with Crippen LogP contribution in [-0.4, -0.2) is 30.1 Å². The fourth-order valence-corrected chi connectivity index (χ4v) is 2.49. The van der Waals surface area contributed by atoms with Gasteiger partial charge in [-0.1, -0.05) is 35.9 Å². The summed E-state index contributed by atoms with van der Waals surface area (Å²) in [5.41, 5.74) is 3.86. The van der Waals surface area contributed by atoms with Gasteiger partial charge in [0, 0.05) is 22.7 Å². The summed E-state index contributed by atoms with van der Waals surface area (Å²) in [6, 6.07) is 15.9. The van der Waals surface area contributed by atoms with Crippen LogP contribution in [0.25, 0.3) is 10.9 Å². The van der Waals surface area contributed by atoms with Gasteiger partial charge in [-0.3, -0.25) is 9.59 Å². The van der Waals surface area contributed by atoms with Gasteiger partial charge in [-0.25, -0.2) is 10.4 Å². The molecule has 0 spiro atoms. The Balaban J connectivity index is 1.64. The van der Waals surface area contributed by atoms with E-state index >= 15 is 0 Å². The normalized spacial score (nSPS) is 10.7. The Labute approximate surface area is 160 Å². The van der Waals surface area contributed by atoms with Crippen LogP contribution in [-0.2, 0) is 9.59 Å². The number of hydrogen-bond donors (Lipinski definition) is 2. The smallest absolute Gasteiger partial charge is 0.329 e. The van der Waals surface area contributed by atoms with Crippen LogP contribution in [0.2, 0.25) is 5.15 Å². The van der Waals surface area contributed by atoms with Crippen LogP contribution in [0.4, 0.5) is 5.69 Å². The number of fused-ring (bicyclic) bond motifs is 1. The molecule has 3 aromatic rings. The van der Waals surface area contributed by atoms with E-state index in [0.29, 0.717) is 17.0 Å². The first kappa shape index (κ1) is 18.3. The van der Waals surface area contributed by atoms with Crippen molar-refractivity contribution in [2.45, 2.75) is 0 Å². The highest BCUT2D eigenvalue weighted by Gasteiger charge is 2.13. The zero-order valence-corrected chi connectivity index (χ0v) is 15.0. The van der Waals surface area contributed by atoms with Crippen molar-refractivity contribution >= 4 is 46.2 Å². The van der Waals surface area contributed by atoms with Crippen molar-refractivity contribution in [3.05, 3.63) is 65.3 Å². The van der Waals surface area contributed by atoms with Crippen molar-refractivity contribution in [1.29, 1.82) is 0 Å². The first-order valence-electron chi connectivity index (χ1n) is 7.90. The van der Waals surface area contributed by atoms with Gasteiger partial charge < -0.3 is 10.1 Å². The first-order chi connectivity index (χ1) is 13.1. The average molecular weight is 383 g/mol. The Morgan fingerprint density at radius 3 is 2.74 bits per heavy atom. The molecule has 2 aromatic carbocycles. The molecule has 2 amide bonds. The van der Waals surface area contributed by atoms with Crippen LogP contribution in [0.1, 0.15) is 5.56 Å². The van der Waals surface area contributed by atoms with E-state index in [-0.39, 0.29) is 5.15 Å². The van der Waals surface area contributed by atoms with Crippen LogP contribution in [0.15, 0.2) is 59.7 Å². The molecule has 0 unspecified atom stereocenters. The first-order valence-corrected chi connectivity index (χ1v) is 8.28. The summed E-state index contributed by atoms with van der Waals surface area (Å²) in [6.45, 7) is 0. The SMILES string of the molecule is COc1cccc(NC(=O)C(=O)N/N=C/c2cc3ccccc3nc2Cl)c1. The van der Waals surface area contributed by atoms with Crippen molar-refractivity contribution < 1.29 is 14.3 Å². The van der Waals surface area contributed by atoms with Crippen LogP contribution < -0.4 is 15.5 Å². The number of carbonyl (C=O) groups excluding carboxylic acids is 2. The lowest BCUT2D eigenvalue weighted by Crippen LogP contribution is -2.32. The van der Waals surface area contributed by atoms with E-state index in [4.69, 9.17) is 16.3 Å². The molecular weight excluding hydrogens is 368 g/mol.